The molecule has 6 heteroatoms. The van der Waals surface area contributed by atoms with Crippen LogP contribution in [0.1, 0.15) is 51.6 Å². The molecule has 0 radical (unpaired) electrons. The van der Waals surface area contributed by atoms with Gasteiger partial charge in [0.25, 0.3) is 0 Å². The predicted molar refractivity (Wildman–Crippen MR) is 101 cm³/mol. The van der Waals surface area contributed by atoms with Crippen LogP contribution in [0.25, 0.3) is 0 Å². The lowest BCUT2D eigenvalue weighted by Gasteiger charge is -2.32. The lowest BCUT2D eigenvalue weighted by Crippen LogP contribution is -2.46. The van der Waals surface area contributed by atoms with E-state index in [2.05, 4.69) is 19.2 Å². The zero-order chi connectivity index (χ0) is 18.4. The SMILES string of the molecule is CCS(=O)(=O)N1CCC[C@@H](C(=O)N[C@H](CC(C)C)c2ccccc2)C1. The summed E-state index contributed by atoms with van der Waals surface area (Å²) < 4.78 is 25.7. The number of rotatable bonds is 7. The average Bonchev–Trinajstić information content (AvgIpc) is 2.61. The number of amides is 1. The van der Waals surface area contributed by atoms with Crippen molar-refractivity contribution in [2.75, 3.05) is 18.8 Å². The van der Waals surface area contributed by atoms with Gasteiger partial charge < -0.3 is 5.32 Å². The summed E-state index contributed by atoms with van der Waals surface area (Å²) in [5.41, 5.74) is 1.10. The molecule has 1 saturated heterocycles. The van der Waals surface area contributed by atoms with Gasteiger partial charge in [-0.3, -0.25) is 4.79 Å². The van der Waals surface area contributed by atoms with E-state index in [4.69, 9.17) is 0 Å². The Balaban J connectivity index is 2.07. The van der Waals surface area contributed by atoms with Crippen molar-refractivity contribution in [3.05, 3.63) is 35.9 Å². The van der Waals surface area contributed by atoms with Gasteiger partial charge in [-0.1, -0.05) is 44.2 Å². The summed E-state index contributed by atoms with van der Waals surface area (Å²) >= 11 is 0. The van der Waals surface area contributed by atoms with Crippen LogP contribution in [0, 0.1) is 11.8 Å². The predicted octanol–water partition coefficient (Wildman–Crippen LogP) is 2.95. The molecule has 1 aliphatic heterocycles. The molecule has 1 amide bonds. The van der Waals surface area contributed by atoms with Gasteiger partial charge in [-0.25, -0.2) is 12.7 Å². The highest BCUT2D eigenvalue weighted by Gasteiger charge is 2.32. The van der Waals surface area contributed by atoms with Crippen LogP contribution < -0.4 is 5.32 Å². The summed E-state index contributed by atoms with van der Waals surface area (Å²) in [7, 11) is -3.23. The lowest BCUT2D eigenvalue weighted by molar-refractivity contribution is -0.127. The molecule has 5 nitrogen and oxygen atoms in total. The van der Waals surface area contributed by atoms with Crippen molar-refractivity contribution in [1.29, 1.82) is 0 Å². The normalized spacial score (nSPS) is 20.4. The smallest absolute Gasteiger partial charge is 0.224 e. The van der Waals surface area contributed by atoms with Crippen molar-refractivity contribution in [2.45, 2.75) is 46.1 Å². The Morgan fingerprint density at radius 2 is 1.96 bits per heavy atom. The highest BCUT2D eigenvalue weighted by molar-refractivity contribution is 7.89. The number of carbonyl (C=O) groups is 1. The quantitative estimate of drug-likeness (QED) is 0.807. The Morgan fingerprint density at radius 3 is 2.56 bits per heavy atom. The zero-order valence-electron chi connectivity index (χ0n) is 15.4. The molecule has 1 aliphatic rings. The van der Waals surface area contributed by atoms with Gasteiger partial charge in [0.15, 0.2) is 0 Å². The molecule has 25 heavy (non-hydrogen) atoms. The highest BCUT2D eigenvalue weighted by atomic mass is 32.2. The largest absolute Gasteiger partial charge is 0.349 e. The first-order valence-electron chi connectivity index (χ1n) is 9.16. The van der Waals surface area contributed by atoms with Crippen molar-refractivity contribution >= 4 is 15.9 Å². The van der Waals surface area contributed by atoms with Crippen LogP contribution in [0.2, 0.25) is 0 Å². The lowest BCUT2D eigenvalue weighted by atomic mass is 9.94. The Morgan fingerprint density at radius 1 is 1.28 bits per heavy atom. The van der Waals surface area contributed by atoms with Crippen LogP contribution in [0.5, 0.6) is 0 Å². The van der Waals surface area contributed by atoms with E-state index < -0.39 is 10.0 Å². The fourth-order valence-electron chi connectivity index (χ4n) is 3.32. The van der Waals surface area contributed by atoms with Crippen LogP contribution in [0.15, 0.2) is 30.3 Å². The fraction of sp³-hybridized carbons (Fsp3) is 0.632. The molecule has 0 saturated carbocycles. The minimum atomic E-state index is -3.23. The van der Waals surface area contributed by atoms with Gasteiger partial charge in [0.1, 0.15) is 0 Å². The molecule has 2 rings (SSSR count). The molecule has 0 bridgehead atoms. The van der Waals surface area contributed by atoms with Gasteiger partial charge in [-0.05, 0) is 37.7 Å². The summed E-state index contributed by atoms with van der Waals surface area (Å²) in [6, 6.07) is 9.94. The first-order valence-corrected chi connectivity index (χ1v) is 10.8. The number of piperidine rings is 1. The minimum Gasteiger partial charge on any atom is -0.349 e. The first-order chi connectivity index (χ1) is 11.8. The van der Waals surface area contributed by atoms with E-state index in [9.17, 15) is 13.2 Å². The maximum Gasteiger partial charge on any atom is 0.224 e. The molecule has 140 valence electrons. The molecule has 0 aliphatic carbocycles. The van der Waals surface area contributed by atoms with E-state index in [0.29, 0.717) is 19.0 Å². The van der Waals surface area contributed by atoms with Crippen LogP contribution in [-0.2, 0) is 14.8 Å². The molecule has 1 heterocycles. The molecule has 0 aromatic heterocycles. The number of benzene rings is 1. The summed E-state index contributed by atoms with van der Waals surface area (Å²) in [6.07, 6.45) is 2.34. The molecule has 2 atom stereocenters. The Hall–Kier alpha value is -1.40. The Labute approximate surface area is 151 Å². The number of nitrogens with zero attached hydrogens (tertiary/aromatic N) is 1. The van der Waals surface area contributed by atoms with E-state index in [1.807, 2.05) is 30.3 Å². The van der Waals surface area contributed by atoms with E-state index in [1.54, 1.807) is 6.92 Å². The van der Waals surface area contributed by atoms with E-state index in [0.717, 1.165) is 24.8 Å². The van der Waals surface area contributed by atoms with Crippen LogP contribution in [-0.4, -0.2) is 37.5 Å². The van der Waals surface area contributed by atoms with Gasteiger partial charge in [-0.2, -0.15) is 0 Å². The third kappa shape index (κ3) is 5.54. The van der Waals surface area contributed by atoms with Crippen molar-refractivity contribution < 1.29 is 13.2 Å². The summed E-state index contributed by atoms with van der Waals surface area (Å²) in [4.78, 5) is 12.8. The van der Waals surface area contributed by atoms with Crippen molar-refractivity contribution in [3.63, 3.8) is 0 Å². The number of carbonyl (C=O) groups excluding carboxylic acids is 1. The number of hydrogen-bond donors (Lipinski definition) is 1. The number of hydrogen-bond acceptors (Lipinski definition) is 3. The van der Waals surface area contributed by atoms with Crippen molar-refractivity contribution in [2.24, 2.45) is 11.8 Å². The Kier molecular flexibility index (Phi) is 7.02. The zero-order valence-corrected chi connectivity index (χ0v) is 16.3. The van der Waals surface area contributed by atoms with Gasteiger partial charge in [-0.15, -0.1) is 0 Å². The summed E-state index contributed by atoms with van der Waals surface area (Å²) in [5.74, 6) is 0.231. The van der Waals surface area contributed by atoms with Gasteiger partial charge >= 0.3 is 0 Å². The molecular formula is C19H30N2O3S. The van der Waals surface area contributed by atoms with Gasteiger partial charge in [0.2, 0.25) is 15.9 Å². The Bertz CT molecular complexity index is 659. The van der Waals surface area contributed by atoms with Gasteiger partial charge in [0, 0.05) is 13.1 Å². The van der Waals surface area contributed by atoms with Crippen LogP contribution in [0.4, 0.5) is 0 Å². The highest BCUT2D eigenvalue weighted by Crippen LogP contribution is 2.24. The standard InChI is InChI=1S/C19H30N2O3S/c1-4-25(23,24)21-12-8-11-17(14-21)19(22)20-18(13-15(2)3)16-9-6-5-7-10-16/h5-7,9-10,15,17-18H,4,8,11-14H2,1-3H3,(H,20,22)/t17-,18-/m1/s1. The molecule has 1 N–H and O–H groups in total. The second-order valence-corrected chi connectivity index (χ2v) is 9.46. The van der Waals surface area contributed by atoms with Crippen LogP contribution >= 0.6 is 0 Å². The van der Waals surface area contributed by atoms with Crippen molar-refractivity contribution in [3.8, 4) is 0 Å². The third-order valence-electron chi connectivity index (χ3n) is 4.74. The summed E-state index contributed by atoms with van der Waals surface area (Å²) in [5, 5.41) is 3.16. The van der Waals surface area contributed by atoms with E-state index in [1.165, 1.54) is 4.31 Å². The summed E-state index contributed by atoms with van der Waals surface area (Å²) in [6.45, 7) is 6.74. The fourth-order valence-corrected chi connectivity index (χ4v) is 4.50. The second kappa shape index (κ2) is 8.81. The maximum atomic E-state index is 12.8. The molecule has 1 fully saturated rings. The molecule has 1 aromatic rings. The topological polar surface area (TPSA) is 66.5 Å². The molecular weight excluding hydrogens is 336 g/mol. The van der Waals surface area contributed by atoms with E-state index in [-0.39, 0.29) is 23.6 Å². The third-order valence-corrected chi connectivity index (χ3v) is 6.59. The van der Waals surface area contributed by atoms with E-state index >= 15 is 0 Å². The minimum absolute atomic E-state index is 0.0353. The van der Waals surface area contributed by atoms with Gasteiger partial charge in [0.05, 0.1) is 17.7 Å². The first kappa shape index (κ1) is 19.9. The molecule has 0 unspecified atom stereocenters. The van der Waals surface area contributed by atoms with Crippen molar-refractivity contribution in [1.82, 2.24) is 9.62 Å². The maximum absolute atomic E-state index is 12.8. The number of nitrogens with one attached hydrogen (secondary N) is 1. The average molecular weight is 367 g/mol. The number of sulfonamides is 1. The monoisotopic (exact) mass is 366 g/mol. The molecule has 1 aromatic carbocycles. The van der Waals surface area contributed by atoms with Crippen LogP contribution in [0.3, 0.4) is 0 Å². The second-order valence-electron chi connectivity index (χ2n) is 7.20. The molecule has 0 spiro atoms.